The van der Waals surface area contributed by atoms with Crippen molar-refractivity contribution in [1.82, 2.24) is 15.3 Å². The molecule has 0 atom stereocenters. The minimum Gasteiger partial charge on any atom is -0.308 e. The smallest absolute Gasteiger partial charge is 0.147 e. The van der Waals surface area contributed by atoms with Crippen LogP contribution in [0.15, 0.2) is 12.3 Å². The zero-order valence-electron chi connectivity index (χ0n) is 9.75. The Morgan fingerprint density at radius 3 is 2.67 bits per heavy atom. The molecular formula is C12H19N3. The quantitative estimate of drug-likeness (QED) is 0.822. The van der Waals surface area contributed by atoms with E-state index in [1.807, 2.05) is 13.2 Å². The van der Waals surface area contributed by atoms with Gasteiger partial charge in [-0.1, -0.05) is 6.42 Å². The maximum atomic E-state index is 4.66. The summed E-state index contributed by atoms with van der Waals surface area (Å²) in [6.07, 6.45) is 5.81. The van der Waals surface area contributed by atoms with Crippen LogP contribution in [-0.4, -0.2) is 17.0 Å². The molecule has 1 saturated carbocycles. The van der Waals surface area contributed by atoms with Gasteiger partial charge in [0.25, 0.3) is 0 Å². The molecule has 0 unspecified atom stereocenters. The van der Waals surface area contributed by atoms with Gasteiger partial charge in [-0.3, -0.25) is 0 Å². The van der Waals surface area contributed by atoms with Gasteiger partial charge in [-0.15, -0.1) is 0 Å². The third-order valence-electron chi connectivity index (χ3n) is 3.38. The van der Waals surface area contributed by atoms with E-state index in [-0.39, 0.29) is 5.54 Å². The summed E-state index contributed by atoms with van der Waals surface area (Å²) < 4.78 is 0. The standard InChI is InChI=1S/C12H19N3/c1-12(2,13-3)11-14-8-7-10(15-11)9-5-4-6-9/h7-9,13H,4-6H2,1-3H3. The van der Waals surface area contributed by atoms with E-state index in [0.717, 1.165) is 5.82 Å². The molecule has 0 bridgehead atoms. The first-order valence-electron chi connectivity index (χ1n) is 5.66. The fourth-order valence-corrected chi connectivity index (χ4v) is 1.72. The molecule has 1 aliphatic carbocycles. The zero-order valence-corrected chi connectivity index (χ0v) is 9.75. The van der Waals surface area contributed by atoms with Crippen molar-refractivity contribution < 1.29 is 0 Å². The molecule has 0 amide bonds. The maximum absolute atomic E-state index is 4.66. The fraction of sp³-hybridized carbons (Fsp3) is 0.667. The molecule has 2 rings (SSSR count). The lowest BCUT2D eigenvalue weighted by atomic mass is 9.83. The molecule has 0 saturated heterocycles. The van der Waals surface area contributed by atoms with Crippen LogP contribution in [0, 0.1) is 0 Å². The van der Waals surface area contributed by atoms with Crippen molar-refractivity contribution in [3.63, 3.8) is 0 Å². The second-order valence-corrected chi connectivity index (χ2v) is 4.81. The molecular weight excluding hydrogens is 186 g/mol. The highest BCUT2D eigenvalue weighted by Crippen LogP contribution is 2.35. The zero-order chi connectivity index (χ0) is 10.9. The Kier molecular flexibility index (Phi) is 2.74. The van der Waals surface area contributed by atoms with Crippen LogP contribution in [0.4, 0.5) is 0 Å². The SMILES string of the molecule is CNC(C)(C)c1nccc(C2CCC2)n1. The molecule has 3 nitrogen and oxygen atoms in total. The van der Waals surface area contributed by atoms with E-state index >= 15 is 0 Å². The first-order chi connectivity index (χ1) is 7.13. The molecule has 3 heteroatoms. The molecule has 0 spiro atoms. The monoisotopic (exact) mass is 205 g/mol. The largest absolute Gasteiger partial charge is 0.308 e. The summed E-state index contributed by atoms with van der Waals surface area (Å²) in [5.74, 6) is 1.58. The molecule has 82 valence electrons. The lowest BCUT2D eigenvalue weighted by Crippen LogP contribution is -2.35. The van der Waals surface area contributed by atoms with Crippen LogP contribution in [0.5, 0.6) is 0 Å². The van der Waals surface area contributed by atoms with Crippen molar-refractivity contribution in [1.29, 1.82) is 0 Å². The number of nitrogens with one attached hydrogen (secondary N) is 1. The van der Waals surface area contributed by atoms with Gasteiger partial charge in [0.2, 0.25) is 0 Å². The molecule has 1 heterocycles. The van der Waals surface area contributed by atoms with E-state index in [0.29, 0.717) is 5.92 Å². The second-order valence-electron chi connectivity index (χ2n) is 4.81. The van der Waals surface area contributed by atoms with E-state index < -0.39 is 0 Å². The lowest BCUT2D eigenvalue weighted by Gasteiger charge is -2.27. The predicted molar refractivity (Wildman–Crippen MR) is 60.7 cm³/mol. The summed E-state index contributed by atoms with van der Waals surface area (Å²) in [7, 11) is 1.94. The Bertz CT molecular complexity index is 342. The van der Waals surface area contributed by atoms with Gasteiger partial charge in [-0.2, -0.15) is 0 Å². The van der Waals surface area contributed by atoms with Crippen LogP contribution < -0.4 is 5.32 Å². The van der Waals surface area contributed by atoms with E-state index in [4.69, 9.17) is 0 Å². The minimum absolute atomic E-state index is 0.139. The predicted octanol–water partition coefficient (Wildman–Crippen LogP) is 2.20. The number of hydrogen-bond donors (Lipinski definition) is 1. The van der Waals surface area contributed by atoms with Gasteiger partial charge in [0.1, 0.15) is 5.82 Å². The Morgan fingerprint density at radius 1 is 1.40 bits per heavy atom. The molecule has 1 aromatic heterocycles. The topological polar surface area (TPSA) is 37.8 Å². The third kappa shape index (κ3) is 2.02. The molecule has 1 fully saturated rings. The average molecular weight is 205 g/mol. The Balaban J connectivity index is 2.25. The summed E-state index contributed by atoms with van der Waals surface area (Å²) in [5.41, 5.74) is 1.08. The Morgan fingerprint density at radius 2 is 2.13 bits per heavy atom. The second kappa shape index (κ2) is 3.89. The highest BCUT2D eigenvalue weighted by Gasteiger charge is 2.25. The highest BCUT2D eigenvalue weighted by atomic mass is 15.0. The van der Waals surface area contributed by atoms with Gasteiger partial charge in [-0.25, -0.2) is 9.97 Å². The van der Waals surface area contributed by atoms with Gasteiger partial charge < -0.3 is 5.32 Å². The Hall–Kier alpha value is -0.960. The number of nitrogens with zero attached hydrogens (tertiary/aromatic N) is 2. The van der Waals surface area contributed by atoms with E-state index in [2.05, 4.69) is 35.2 Å². The average Bonchev–Trinajstić information content (AvgIpc) is 2.16. The molecule has 1 N–H and O–H groups in total. The van der Waals surface area contributed by atoms with Crippen LogP contribution in [0.3, 0.4) is 0 Å². The van der Waals surface area contributed by atoms with E-state index in [9.17, 15) is 0 Å². The Labute approximate surface area is 91.3 Å². The van der Waals surface area contributed by atoms with Crippen LogP contribution >= 0.6 is 0 Å². The van der Waals surface area contributed by atoms with Crippen LogP contribution in [0.2, 0.25) is 0 Å². The highest BCUT2D eigenvalue weighted by molar-refractivity contribution is 5.14. The first-order valence-corrected chi connectivity index (χ1v) is 5.66. The van der Waals surface area contributed by atoms with E-state index in [1.165, 1.54) is 25.0 Å². The number of hydrogen-bond acceptors (Lipinski definition) is 3. The minimum atomic E-state index is -0.139. The third-order valence-corrected chi connectivity index (χ3v) is 3.38. The van der Waals surface area contributed by atoms with E-state index in [1.54, 1.807) is 0 Å². The molecule has 0 radical (unpaired) electrons. The van der Waals surface area contributed by atoms with Gasteiger partial charge >= 0.3 is 0 Å². The maximum Gasteiger partial charge on any atom is 0.147 e. The molecule has 0 aliphatic heterocycles. The summed E-state index contributed by atoms with van der Waals surface area (Å²) >= 11 is 0. The van der Waals surface area contributed by atoms with Crippen molar-refractivity contribution in [2.24, 2.45) is 0 Å². The summed E-state index contributed by atoms with van der Waals surface area (Å²) in [6.45, 7) is 4.21. The summed E-state index contributed by atoms with van der Waals surface area (Å²) in [4.78, 5) is 9.01. The van der Waals surface area contributed by atoms with Crippen molar-refractivity contribution >= 4 is 0 Å². The molecule has 15 heavy (non-hydrogen) atoms. The summed E-state index contributed by atoms with van der Waals surface area (Å²) in [5, 5.41) is 3.23. The van der Waals surface area contributed by atoms with Crippen LogP contribution in [0.1, 0.15) is 50.5 Å². The molecule has 1 aromatic rings. The van der Waals surface area contributed by atoms with Crippen LogP contribution in [0.25, 0.3) is 0 Å². The van der Waals surface area contributed by atoms with Gasteiger partial charge in [0.15, 0.2) is 0 Å². The first kappa shape index (κ1) is 10.6. The van der Waals surface area contributed by atoms with Crippen molar-refractivity contribution in [2.75, 3.05) is 7.05 Å². The van der Waals surface area contributed by atoms with Gasteiger partial charge in [-0.05, 0) is 39.8 Å². The summed E-state index contributed by atoms with van der Waals surface area (Å²) in [6, 6.07) is 2.05. The van der Waals surface area contributed by atoms with Crippen LogP contribution in [-0.2, 0) is 5.54 Å². The number of rotatable bonds is 3. The molecule has 1 aliphatic rings. The normalized spacial score (nSPS) is 17.5. The van der Waals surface area contributed by atoms with Gasteiger partial charge in [0, 0.05) is 17.8 Å². The number of aromatic nitrogens is 2. The molecule has 0 aromatic carbocycles. The van der Waals surface area contributed by atoms with Crippen molar-refractivity contribution in [3.8, 4) is 0 Å². The lowest BCUT2D eigenvalue weighted by molar-refractivity contribution is 0.389. The van der Waals surface area contributed by atoms with Crippen molar-refractivity contribution in [3.05, 3.63) is 23.8 Å². The van der Waals surface area contributed by atoms with Crippen molar-refractivity contribution in [2.45, 2.75) is 44.6 Å². The fourth-order valence-electron chi connectivity index (χ4n) is 1.72. The van der Waals surface area contributed by atoms with Gasteiger partial charge in [0.05, 0.1) is 5.54 Å².